The van der Waals surface area contributed by atoms with Crippen molar-refractivity contribution in [3.8, 4) is 0 Å². The summed E-state index contributed by atoms with van der Waals surface area (Å²) in [5, 5.41) is 3.23. The summed E-state index contributed by atoms with van der Waals surface area (Å²) in [5.41, 5.74) is 1.15. The lowest BCUT2D eigenvalue weighted by atomic mass is 9.95. The van der Waals surface area contributed by atoms with Gasteiger partial charge in [-0.3, -0.25) is 9.78 Å². The molecule has 1 saturated carbocycles. The largest absolute Gasteiger partial charge is 0.349 e. The summed E-state index contributed by atoms with van der Waals surface area (Å²) < 4.78 is 26.9. The number of carbonyl (C=O) groups is 1. The lowest BCUT2D eigenvalue weighted by Gasteiger charge is -2.31. The first-order valence-corrected chi connectivity index (χ1v) is 11.3. The van der Waals surface area contributed by atoms with Crippen molar-refractivity contribution in [3.05, 3.63) is 60.4 Å². The molecule has 1 N–H and O–H groups in total. The predicted molar refractivity (Wildman–Crippen MR) is 106 cm³/mol. The zero-order valence-corrected chi connectivity index (χ0v) is 16.5. The molecule has 1 aromatic carbocycles. The molecule has 7 heteroatoms. The minimum Gasteiger partial charge on any atom is -0.349 e. The maximum absolute atomic E-state index is 12.9. The molecule has 2 heterocycles. The molecule has 1 saturated heterocycles. The number of pyridine rings is 1. The number of benzene rings is 1. The van der Waals surface area contributed by atoms with Crippen LogP contribution in [0.1, 0.15) is 37.3 Å². The monoisotopic (exact) mass is 399 g/mol. The molecule has 4 rings (SSSR count). The smallest absolute Gasteiger partial charge is 0.244 e. The molecular weight excluding hydrogens is 374 g/mol. The summed E-state index contributed by atoms with van der Waals surface area (Å²) in [4.78, 5) is 17.0. The van der Waals surface area contributed by atoms with Gasteiger partial charge in [0, 0.05) is 31.4 Å². The lowest BCUT2D eigenvalue weighted by molar-refractivity contribution is -0.127. The van der Waals surface area contributed by atoms with Gasteiger partial charge in [-0.15, -0.1) is 0 Å². The second kappa shape index (κ2) is 8.01. The molecule has 1 aliphatic heterocycles. The Labute approximate surface area is 166 Å². The number of hydrogen-bond donors (Lipinski definition) is 1. The third-order valence-electron chi connectivity index (χ3n) is 5.65. The Hall–Kier alpha value is -2.25. The maximum Gasteiger partial charge on any atom is 0.244 e. The van der Waals surface area contributed by atoms with E-state index in [9.17, 15) is 13.2 Å². The van der Waals surface area contributed by atoms with Crippen LogP contribution in [0.5, 0.6) is 0 Å². The van der Waals surface area contributed by atoms with E-state index >= 15 is 0 Å². The van der Waals surface area contributed by atoms with Crippen molar-refractivity contribution in [1.82, 2.24) is 14.6 Å². The molecule has 1 aromatic heterocycles. The van der Waals surface area contributed by atoms with Gasteiger partial charge >= 0.3 is 0 Å². The maximum atomic E-state index is 12.9. The van der Waals surface area contributed by atoms with Crippen LogP contribution in [0.3, 0.4) is 0 Å². The molecule has 28 heavy (non-hydrogen) atoms. The third-order valence-corrected chi connectivity index (χ3v) is 7.53. The first kappa shape index (κ1) is 19.1. The first-order valence-electron chi connectivity index (χ1n) is 9.81. The second-order valence-corrected chi connectivity index (χ2v) is 9.54. The summed E-state index contributed by atoms with van der Waals surface area (Å²) in [6.45, 7) is 0.712. The Kier molecular flexibility index (Phi) is 5.46. The zero-order chi connectivity index (χ0) is 19.6. The molecule has 6 nitrogen and oxygen atoms in total. The highest BCUT2D eigenvalue weighted by Crippen LogP contribution is 2.41. The normalized spacial score (nSPS) is 19.9. The van der Waals surface area contributed by atoms with Gasteiger partial charge in [0.15, 0.2) is 0 Å². The fraction of sp³-hybridized carbons (Fsp3) is 0.429. The van der Waals surface area contributed by atoms with Crippen molar-refractivity contribution in [2.24, 2.45) is 11.8 Å². The van der Waals surface area contributed by atoms with Crippen molar-refractivity contribution in [2.75, 3.05) is 13.1 Å². The standard InChI is InChI=1S/C21H25N3O3S/c25-21(23-20(17-8-9-17)16-5-2-1-3-6-16)18-10-13-24(14-11-18)28(26,27)19-7-4-12-22-15-19/h1-7,12,15,17-18,20H,8-11,13-14H2,(H,23,25)/t20-/m0/s1. The van der Waals surface area contributed by atoms with Gasteiger partial charge in [-0.1, -0.05) is 30.3 Å². The molecule has 2 aliphatic rings. The Morgan fingerprint density at radius 2 is 1.75 bits per heavy atom. The fourth-order valence-corrected chi connectivity index (χ4v) is 5.28. The van der Waals surface area contributed by atoms with Gasteiger partial charge in [0.1, 0.15) is 4.90 Å². The van der Waals surface area contributed by atoms with Crippen LogP contribution in [-0.2, 0) is 14.8 Å². The molecule has 1 atom stereocenters. The van der Waals surface area contributed by atoms with Gasteiger partial charge in [0.25, 0.3) is 0 Å². The van der Waals surface area contributed by atoms with E-state index in [1.807, 2.05) is 18.2 Å². The van der Waals surface area contributed by atoms with E-state index in [1.54, 1.807) is 18.3 Å². The van der Waals surface area contributed by atoms with Crippen LogP contribution in [0.2, 0.25) is 0 Å². The van der Waals surface area contributed by atoms with E-state index in [0.29, 0.717) is 31.8 Å². The molecule has 0 unspecified atom stereocenters. The average molecular weight is 400 g/mol. The van der Waals surface area contributed by atoms with Crippen molar-refractivity contribution in [1.29, 1.82) is 0 Å². The molecular formula is C21H25N3O3S. The van der Waals surface area contributed by atoms with Crippen LogP contribution in [0.25, 0.3) is 0 Å². The van der Waals surface area contributed by atoms with Crippen molar-refractivity contribution in [3.63, 3.8) is 0 Å². The molecule has 148 valence electrons. The molecule has 2 fully saturated rings. The topological polar surface area (TPSA) is 79.4 Å². The van der Waals surface area contributed by atoms with E-state index in [4.69, 9.17) is 0 Å². The van der Waals surface area contributed by atoms with Gasteiger partial charge in [-0.2, -0.15) is 4.31 Å². The summed E-state index contributed by atoms with van der Waals surface area (Å²) >= 11 is 0. The highest BCUT2D eigenvalue weighted by molar-refractivity contribution is 7.89. The Morgan fingerprint density at radius 3 is 2.36 bits per heavy atom. The van der Waals surface area contributed by atoms with Crippen molar-refractivity contribution < 1.29 is 13.2 Å². The quantitative estimate of drug-likeness (QED) is 0.810. The van der Waals surface area contributed by atoms with E-state index in [2.05, 4.69) is 22.4 Å². The molecule has 1 amide bonds. The van der Waals surface area contributed by atoms with E-state index in [1.165, 1.54) is 10.5 Å². The minimum absolute atomic E-state index is 0.0409. The van der Waals surface area contributed by atoms with Crippen molar-refractivity contribution in [2.45, 2.75) is 36.6 Å². The number of piperidine rings is 1. The molecule has 0 radical (unpaired) electrons. The fourth-order valence-electron chi connectivity index (χ4n) is 3.84. The van der Waals surface area contributed by atoms with Gasteiger partial charge < -0.3 is 5.32 Å². The van der Waals surface area contributed by atoms with Gasteiger partial charge in [-0.05, 0) is 49.3 Å². The van der Waals surface area contributed by atoms with E-state index in [-0.39, 0.29) is 22.8 Å². The Morgan fingerprint density at radius 1 is 1.04 bits per heavy atom. The number of amides is 1. The number of rotatable bonds is 6. The second-order valence-electron chi connectivity index (χ2n) is 7.60. The number of nitrogens with one attached hydrogen (secondary N) is 1. The van der Waals surface area contributed by atoms with Crippen LogP contribution in [0.15, 0.2) is 59.8 Å². The summed E-state index contributed by atoms with van der Waals surface area (Å²) in [5.74, 6) is 0.405. The van der Waals surface area contributed by atoms with Crippen LogP contribution in [0, 0.1) is 11.8 Å². The Bertz CT molecular complexity index is 906. The number of sulfonamides is 1. The molecule has 0 spiro atoms. The predicted octanol–water partition coefficient (Wildman–Crippen LogP) is 2.75. The highest BCUT2D eigenvalue weighted by Gasteiger charge is 2.36. The number of hydrogen-bond acceptors (Lipinski definition) is 4. The van der Waals surface area contributed by atoms with Crippen molar-refractivity contribution >= 4 is 15.9 Å². The summed E-state index contributed by atoms with van der Waals surface area (Å²) in [6, 6.07) is 13.3. The van der Waals surface area contributed by atoms with Crippen LogP contribution in [0.4, 0.5) is 0 Å². The van der Waals surface area contributed by atoms with E-state index in [0.717, 1.165) is 18.4 Å². The highest BCUT2D eigenvalue weighted by atomic mass is 32.2. The van der Waals surface area contributed by atoms with Crippen LogP contribution in [-0.4, -0.2) is 36.7 Å². The average Bonchev–Trinajstić information content (AvgIpc) is 3.58. The number of carbonyl (C=O) groups excluding carboxylic acids is 1. The lowest BCUT2D eigenvalue weighted by Crippen LogP contribution is -2.44. The summed E-state index contributed by atoms with van der Waals surface area (Å²) in [7, 11) is -3.54. The minimum atomic E-state index is -3.54. The zero-order valence-electron chi connectivity index (χ0n) is 15.7. The van der Waals surface area contributed by atoms with Gasteiger partial charge in [0.2, 0.25) is 15.9 Å². The molecule has 0 bridgehead atoms. The molecule has 2 aromatic rings. The van der Waals surface area contributed by atoms with Crippen LogP contribution < -0.4 is 5.32 Å². The van der Waals surface area contributed by atoms with E-state index < -0.39 is 10.0 Å². The number of aromatic nitrogens is 1. The first-order chi connectivity index (χ1) is 13.6. The van der Waals surface area contributed by atoms with Gasteiger partial charge in [-0.25, -0.2) is 8.42 Å². The molecule has 1 aliphatic carbocycles. The third kappa shape index (κ3) is 4.10. The Balaban J connectivity index is 1.38. The SMILES string of the molecule is O=C(N[C@@H](c1ccccc1)C1CC1)C1CCN(S(=O)(=O)c2cccnc2)CC1. The van der Waals surface area contributed by atoms with Gasteiger partial charge in [0.05, 0.1) is 6.04 Å². The summed E-state index contributed by atoms with van der Waals surface area (Å²) in [6.07, 6.45) is 6.28. The number of nitrogens with zero attached hydrogens (tertiary/aromatic N) is 2. The van der Waals surface area contributed by atoms with Crippen LogP contribution >= 0.6 is 0 Å².